The number of carbonyl (C=O) groups is 1. The van der Waals surface area contributed by atoms with Crippen molar-refractivity contribution < 1.29 is 4.79 Å². The van der Waals surface area contributed by atoms with Gasteiger partial charge in [-0.25, -0.2) is 0 Å². The van der Waals surface area contributed by atoms with Gasteiger partial charge in [-0.1, -0.05) is 0 Å². The summed E-state index contributed by atoms with van der Waals surface area (Å²) in [5.41, 5.74) is 4.98. The maximum absolute atomic E-state index is 10.9. The maximum Gasteiger partial charge on any atom is 0.238 e. The van der Waals surface area contributed by atoms with E-state index in [2.05, 4.69) is 5.32 Å². The van der Waals surface area contributed by atoms with E-state index in [4.69, 9.17) is 5.73 Å². The van der Waals surface area contributed by atoms with Crippen LogP contribution >= 0.6 is 24.8 Å². The largest absolute Gasteiger partial charge is 0.368 e. The number of rotatable bonds is 1. The Morgan fingerprint density at radius 3 is 2.58 bits per heavy atom. The quantitative estimate of drug-likeness (QED) is 0.664. The molecule has 0 spiro atoms. The molecule has 1 aliphatic carbocycles. The second-order valence-electron chi connectivity index (χ2n) is 3.31. The molecule has 12 heavy (non-hydrogen) atoms. The van der Waals surface area contributed by atoms with Crippen LogP contribution in [0.1, 0.15) is 19.3 Å². The fourth-order valence-corrected chi connectivity index (χ4v) is 1.94. The fourth-order valence-electron chi connectivity index (χ4n) is 1.94. The molecule has 2 atom stereocenters. The van der Waals surface area contributed by atoms with Crippen LogP contribution < -0.4 is 11.1 Å². The number of nitrogens with two attached hydrogens (primary N) is 1. The van der Waals surface area contributed by atoms with Gasteiger partial charge in [0.15, 0.2) is 0 Å². The first-order valence-corrected chi connectivity index (χ1v) is 3.81. The molecule has 5 heteroatoms. The van der Waals surface area contributed by atoms with E-state index in [0.717, 1.165) is 13.0 Å². The summed E-state index contributed by atoms with van der Waals surface area (Å²) >= 11 is 0. The Hall–Kier alpha value is 0.01000. The zero-order valence-corrected chi connectivity index (χ0v) is 8.34. The molecule has 0 radical (unpaired) electrons. The molecule has 2 fully saturated rings. The first-order chi connectivity index (χ1) is 4.76. The van der Waals surface area contributed by atoms with Gasteiger partial charge in [-0.05, 0) is 31.7 Å². The van der Waals surface area contributed by atoms with E-state index in [1.165, 1.54) is 12.8 Å². The monoisotopic (exact) mass is 212 g/mol. The molecule has 1 aliphatic heterocycles. The number of hydrogen-bond donors (Lipinski definition) is 2. The molecule has 3 N–H and O–H groups in total. The van der Waals surface area contributed by atoms with Crippen LogP contribution in [0.25, 0.3) is 0 Å². The molecule has 0 bridgehead atoms. The van der Waals surface area contributed by atoms with Gasteiger partial charge in [0.1, 0.15) is 5.54 Å². The van der Waals surface area contributed by atoms with E-state index in [1.54, 1.807) is 0 Å². The molecule has 72 valence electrons. The van der Waals surface area contributed by atoms with Crippen LogP contribution in [0.3, 0.4) is 0 Å². The predicted molar refractivity (Wildman–Crippen MR) is 51.8 cm³/mol. The van der Waals surface area contributed by atoms with Gasteiger partial charge in [-0.15, -0.1) is 24.8 Å². The summed E-state index contributed by atoms with van der Waals surface area (Å²) < 4.78 is 0. The highest BCUT2D eigenvalue weighted by molar-refractivity contribution is 5.88. The molecule has 0 aromatic heterocycles. The minimum Gasteiger partial charge on any atom is -0.368 e. The van der Waals surface area contributed by atoms with Crippen LogP contribution in [-0.2, 0) is 4.79 Å². The number of amides is 1. The second-order valence-corrected chi connectivity index (χ2v) is 3.31. The normalized spacial score (nSPS) is 36.8. The van der Waals surface area contributed by atoms with Gasteiger partial charge in [0.05, 0.1) is 0 Å². The molecule has 3 nitrogen and oxygen atoms in total. The summed E-state index contributed by atoms with van der Waals surface area (Å²) in [6.07, 6.45) is 3.35. The van der Waals surface area contributed by atoms with Crippen LogP contribution in [0.4, 0.5) is 0 Å². The van der Waals surface area contributed by atoms with Crippen molar-refractivity contribution in [2.45, 2.75) is 24.8 Å². The summed E-state index contributed by atoms with van der Waals surface area (Å²) in [4.78, 5) is 10.9. The summed E-state index contributed by atoms with van der Waals surface area (Å²) in [5.74, 6) is 0.399. The van der Waals surface area contributed by atoms with E-state index < -0.39 is 0 Å². The smallest absolute Gasteiger partial charge is 0.238 e. The molecule has 2 aliphatic rings. The Bertz CT molecular complexity index is 188. The van der Waals surface area contributed by atoms with Gasteiger partial charge >= 0.3 is 0 Å². The SMILES string of the molecule is Cl.Cl.NC(=O)[C@]12CC1CCCN2. The van der Waals surface area contributed by atoms with Crippen molar-refractivity contribution in [3.63, 3.8) is 0 Å². The van der Waals surface area contributed by atoms with Crippen LogP contribution in [-0.4, -0.2) is 18.0 Å². The van der Waals surface area contributed by atoms with Crippen molar-refractivity contribution in [3.05, 3.63) is 0 Å². The Morgan fingerprint density at radius 1 is 1.50 bits per heavy atom. The van der Waals surface area contributed by atoms with Crippen LogP contribution in [0.2, 0.25) is 0 Å². The molecule has 1 unspecified atom stereocenters. The predicted octanol–water partition coefficient (Wildman–Crippen LogP) is 0.457. The molecule has 1 heterocycles. The minimum absolute atomic E-state index is 0. The Morgan fingerprint density at radius 2 is 2.17 bits per heavy atom. The Labute approximate surface area is 84.3 Å². The lowest BCUT2D eigenvalue weighted by Crippen LogP contribution is -2.47. The lowest BCUT2D eigenvalue weighted by atomic mass is 10.1. The number of hydrogen-bond acceptors (Lipinski definition) is 2. The van der Waals surface area contributed by atoms with Crippen molar-refractivity contribution in [2.24, 2.45) is 11.7 Å². The number of halogens is 2. The van der Waals surface area contributed by atoms with Crippen molar-refractivity contribution in [1.82, 2.24) is 5.32 Å². The molecule has 1 amide bonds. The van der Waals surface area contributed by atoms with Crippen LogP contribution in [0.15, 0.2) is 0 Å². The minimum atomic E-state index is -0.266. The zero-order valence-electron chi connectivity index (χ0n) is 6.71. The molecule has 1 saturated carbocycles. The van der Waals surface area contributed by atoms with Gasteiger partial charge in [-0.2, -0.15) is 0 Å². The zero-order chi connectivity index (χ0) is 7.19. The fraction of sp³-hybridized carbons (Fsp3) is 0.857. The average molecular weight is 213 g/mol. The van der Waals surface area contributed by atoms with E-state index in [0.29, 0.717) is 5.92 Å². The molecular formula is C7H14Cl2N2O. The number of piperidine rings is 1. The molecule has 0 aromatic carbocycles. The average Bonchev–Trinajstić information content (AvgIpc) is 2.61. The maximum atomic E-state index is 10.9. The van der Waals surface area contributed by atoms with Gasteiger partial charge in [-0.3, -0.25) is 4.79 Å². The summed E-state index contributed by atoms with van der Waals surface area (Å²) in [6.45, 7) is 0.958. The number of carbonyl (C=O) groups excluding carboxylic acids is 1. The van der Waals surface area contributed by atoms with Crippen LogP contribution in [0.5, 0.6) is 0 Å². The highest BCUT2D eigenvalue weighted by Crippen LogP contribution is 2.48. The van der Waals surface area contributed by atoms with Crippen molar-refractivity contribution >= 4 is 30.7 Å². The van der Waals surface area contributed by atoms with E-state index in [9.17, 15) is 4.79 Å². The van der Waals surface area contributed by atoms with Gasteiger partial charge < -0.3 is 11.1 Å². The van der Waals surface area contributed by atoms with Gasteiger partial charge in [0, 0.05) is 0 Å². The van der Waals surface area contributed by atoms with Crippen LogP contribution in [0, 0.1) is 5.92 Å². The van der Waals surface area contributed by atoms with E-state index in [1.807, 2.05) is 0 Å². The second kappa shape index (κ2) is 3.81. The standard InChI is InChI=1S/C7H12N2O.2ClH/c8-6(10)7-4-5(7)2-1-3-9-7;;/h5,9H,1-4H2,(H2,8,10);2*1H/t5?,7-;;/m0../s1. The Kier molecular flexibility index (Phi) is 3.82. The van der Waals surface area contributed by atoms with Crippen molar-refractivity contribution in [1.29, 1.82) is 0 Å². The summed E-state index contributed by atoms with van der Waals surface area (Å²) in [6, 6.07) is 0. The molecule has 0 aromatic rings. The first kappa shape index (κ1) is 12.0. The third-order valence-electron chi connectivity index (χ3n) is 2.71. The topological polar surface area (TPSA) is 55.1 Å². The third kappa shape index (κ3) is 1.53. The number of nitrogens with one attached hydrogen (secondary N) is 1. The highest BCUT2D eigenvalue weighted by atomic mass is 35.5. The van der Waals surface area contributed by atoms with Gasteiger partial charge in [0.2, 0.25) is 5.91 Å². The number of primary amides is 1. The molecular weight excluding hydrogens is 199 g/mol. The van der Waals surface area contributed by atoms with Gasteiger partial charge in [0.25, 0.3) is 0 Å². The Balaban J connectivity index is 0.000000605. The summed E-state index contributed by atoms with van der Waals surface area (Å²) in [5, 5.41) is 3.19. The summed E-state index contributed by atoms with van der Waals surface area (Å²) in [7, 11) is 0. The van der Waals surface area contributed by atoms with Crippen molar-refractivity contribution in [3.8, 4) is 0 Å². The van der Waals surface area contributed by atoms with E-state index >= 15 is 0 Å². The van der Waals surface area contributed by atoms with Crippen molar-refractivity contribution in [2.75, 3.05) is 6.54 Å². The third-order valence-corrected chi connectivity index (χ3v) is 2.71. The lowest BCUT2D eigenvalue weighted by molar-refractivity contribution is -0.121. The lowest BCUT2D eigenvalue weighted by Gasteiger charge is -2.19. The highest BCUT2D eigenvalue weighted by Gasteiger charge is 2.59. The van der Waals surface area contributed by atoms with E-state index in [-0.39, 0.29) is 36.3 Å². The molecule has 1 saturated heterocycles. The molecule has 2 rings (SSSR count). The number of fused-ring (bicyclic) bond motifs is 1. The first-order valence-electron chi connectivity index (χ1n) is 3.81.